The predicted molar refractivity (Wildman–Crippen MR) is 70.6 cm³/mol. The van der Waals surface area contributed by atoms with E-state index in [1.807, 2.05) is 32.0 Å². The lowest BCUT2D eigenvalue weighted by Gasteiger charge is -2.34. The fourth-order valence-corrected chi connectivity index (χ4v) is 2.64. The van der Waals surface area contributed by atoms with E-state index in [2.05, 4.69) is 5.32 Å². The summed E-state index contributed by atoms with van der Waals surface area (Å²) in [5.74, 6) is 1.23. The minimum absolute atomic E-state index is 0.00370. The molecule has 1 saturated carbocycles. The maximum absolute atomic E-state index is 12.2. The summed E-state index contributed by atoms with van der Waals surface area (Å²) >= 11 is 0. The summed E-state index contributed by atoms with van der Waals surface area (Å²) in [6.45, 7) is 1.86. The molecule has 0 spiro atoms. The third kappa shape index (κ3) is 2.75. The minimum atomic E-state index is -0.00370. The van der Waals surface area contributed by atoms with Gasteiger partial charge in [0.15, 0.2) is 5.76 Å². The van der Waals surface area contributed by atoms with Crippen molar-refractivity contribution in [1.29, 1.82) is 0 Å². The molecule has 0 bridgehead atoms. The number of hydrogen-bond acceptors (Lipinski definition) is 3. The Morgan fingerprint density at radius 2 is 2.00 bits per heavy atom. The van der Waals surface area contributed by atoms with Gasteiger partial charge in [-0.2, -0.15) is 0 Å². The Morgan fingerprint density at radius 1 is 1.33 bits per heavy atom. The summed E-state index contributed by atoms with van der Waals surface area (Å²) in [5.41, 5.74) is 0. The molecule has 1 aromatic rings. The van der Waals surface area contributed by atoms with Gasteiger partial charge in [0.2, 0.25) is 0 Å². The molecule has 0 saturated heterocycles. The molecule has 1 fully saturated rings. The van der Waals surface area contributed by atoms with Crippen LogP contribution in [0.2, 0.25) is 0 Å². The van der Waals surface area contributed by atoms with Crippen LogP contribution in [0, 0.1) is 6.92 Å². The third-order valence-corrected chi connectivity index (χ3v) is 3.92. The Balaban J connectivity index is 1.95. The second-order valence-electron chi connectivity index (χ2n) is 5.12. The van der Waals surface area contributed by atoms with Gasteiger partial charge in [-0.3, -0.25) is 4.79 Å². The first kappa shape index (κ1) is 13.1. The Kier molecular flexibility index (Phi) is 4.07. The Bertz CT molecular complexity index is 406. The highest BCUT2D eigenvalue weighted by molar-refractivity contribution is 5.91. The lowest BCUT2D eigenvalue weighted by Crippen LogP contribution is -2.42. The molecule has 1 aliphatic carbocycles. The number of carbonyl (C=O) groups is 1. The number of nitrogens with one attached hydrogen (secondary N) is 1. The summed E-state index contributed by atoms with van der Waals surface area (Å²) < 4.78 is 5.40. The van der Waals surface area contributed by atoms with E-state index in [-0.39, 0.29) is 5.91 Å². The smallest absolute Gasteiger partial charge is 0.289 e. The maximum Gasteiger partial charge on any atom is 0.289 e. The van der Waals surface area contributed by atoms with Crippen molar-refractivity contribution in [1.82, 2.24) is 10.2 Å². The first-order valence-electron chi connectivity index (χ1n) is 6.62. The highest BCUT2D eigenvalue weighted by Crippen LogP contribution is 2.23. The highest BCUT2D eigenvalue weighted by Gasteiger charge is 2.27. The Labute approximate surface area is 108 Å². The molecule has 0 aromatic carbocycles. The van der Waals surface area contributed by atoms with Gasteiger partial charge in [0.1, 0.15) is 5.76 Å². The van der Waals surface area contributed by atoms with Gasteiger partial charge in [-0.15, -0.1) is 0 Å². The van der Waals surface area contributed by atoms with Crippen molar-refractivity contribution >= 4 is 5.91 Å². The molecule has 0 aliphatic heterocycles. The SMILES string of the molecule is CNC1CCC(N(C)C(=O)c2ccc(C)o2)CC1. The van der Waals surface area contributed by atoms with Crippen LogP contribution in [0.25, 0.3) is 0 Å². The van der Waals surface area contributed by atoms with Crippen LogP contribution in [0.5, 0.6) is 0 Å². The Hall–Kier alpha value is -1.29. The maximum atomic E-state index is 12.2. The van der Waals surface area contributed by atoms with Crippen LogP contribution in [0.3, 0.4) is 0 Å². The van der Waals surface area contributed by atoms with Crippen molar-refractivity contribution in [2.45, 2.75) is 44.7 Å². The van der Waals surface area contributed by atoms with E-state index in [0.717, 1.165) is 31.4 Å². The predicted octanol–water partition coefficient (Wildman–Crippen LogP) is 2.19. The van der Waals surface area contributed by atoms with Gasteiger partial charge in [-0.1, -0.05) is 0 Å². The first-order chi connectivity index (χ1) is 8.61. The van der Waals surface area contributed by atoms with E-state index < -0.39 is 0 Å². The van der Waals surface area contributed by atoms with Gasteiger partial charge in [0, 0.05) is 19.1 Å². The summed E-state index contributed by atoms with van der Waals surface area (Å²) in [6.07, 6.45) is 4.40. The number of carbonyl (C=O) groups excluding carboxylic acids is 1. The molecule has 100 valence electrons. The highest BCUT2D eigenvalue weighted by atomic mass is 16.3. The van der Waals surface area contributed by atoms with Crippen molar-refractivity contribution in [3.05, 3.63) is 23.7 Å². The van der Waals surface area contributed by atoms with Gasteiger partial charge in [0.25, 0.3) is 5.91 Å². The van der Waals surface area contributed by atoms with E-state index >= 15 is 0 Å². The van der Waals surface area contributed by atoms with Crippen LogP contribution in [-0.2, 0) is 0 Å². The van der Waals surface area contributed by atoms with Crippen LogP contribution in [0.4, 0.5) is 0 Å². The quantitative estimate of drug-likeness (QED) is 0.894. The van der Waals surface area contributed by atoms with Crippen molar-refractivity contribution in [3.63, 3.8) is 0 Å². The van der Waals surface area contributed by atoms with Gasteiger partial charge in [-0.25, -0.2) is 0 Å². The van der Waals surface area contributed by atoms with E-state index in [9.17, 15) is 4.79 Å². The molecule has 1 N–H and O–H groups in total. The van der Waals surface area contributed by atoms with Crippen molar-refractivity contribution in [3.8, 4) is 0 Å². The van der Waals surface area contributed by atoms with Crippen LogP contribution >= 0.6 is 0 Å². The zero-order valence-corrected chi connectivity index (χ0v) is 11.4. The first-order valence-corrected chi connectivity index (χ1v) is 6.62. The van der Waals surface area contributed by atoms with Gasteiger partial charge in [0.05, 0.1) is 0 Å². The second kappa shape index (κ2) is 5.57. The van der Waals surface area contributed by atoms with Crippen LogP contribution in [-0.4, -0.2) is 37.0 Å². The summed E-state index contributed by atoms with van der Waals surface area (Å²) in [4.78, 5) is 14.1. The molecule has 1 amide bonds. The summed E-state index contributed by atoms with van der Waals surface area (Å²) in [7, 11) is 3.88. The molecule has 2 rings (SSSR count). The van der Waals surface area contributed by atoms with Crippen molar-refractivity contribution in [2.75, 3.05) is 14.1 Å². The fraction of sp³-hybridized carbons (Fsp3) is 0.643. The normalized spacial score (nSPS) is 23.9. The molecular weight excluding hydrogens is 228 g/mol. The van der Waals surface area contributed by atoms with Crippen LogP contribution in [0.1, 0.15) is 42.0 Å². The topological polar surface area (TPSA) is 45.5 Å². The summed E-state index contributed by atoms with van der Waals surface area (Å²) in [6, 6.07) is 4.54. The molecule has 0 radical (unpaired) electrons. The molecule has 4 heteroatoms. The Morgan fingerprint density at radius 3 is 2.50 bits per heavy atom. The lowest BCUT2D eigenvalue weighted by atomic mass is 9.90. The molecule has 1 aromatic heterocycles. The number of rotatable bonds is 3. The van der Waals surface area contributed by atoms with E-state index in [0.29, 0.717) is 17.8 Å². The lowest BCUT2D eigenvalue weighted by molar-refractivity contribution is 0.0652. The van der Waals surface area contributed by atoms with Gasteiger partial charge < -0.3 is 14.6 Å². The number of furan rings is 1. The number of hydrogen-bond donors (Lipinski definition) is 1. The second-order valence-corrected chi connectivity index (χ2v) is 5.12. The number of aryl methyl sites for hydroxylation is 1. The number of amides is 1. The average Bonchev–Trinajstić information content (AvgIpc) is 2.84. The van der Waals surface area contributed by atoms with E-state index in [4.69, 9.17) is 4.42 Å². The van der Waals surface area contributed by atoms with Crippen LogP contribution < -0.4 is 5.32 Å². The molecule has 18 heavy (non-hydrogen) atoms. The largest absolute Gasteiger partial charge is 0.456 e. The zero-order chi connectivity index (χ0) is 13.1. The molecule has 1 heterocycles. The zero-order valence-electron chi connectivity index (χ0n) is 11.4. The monoisotopic (exact) mass is 250 g/mol. The molecule has 0 atom stereocenters. The van der Waals surface area contributed by atoms with Gasteiger partial charge in [-0.05, 0) is 51.8 Å². The van der Waals surface area contributed by atoms with Crippen molar-refractivity contribution < 1.29 is 9.21 Å². The number of nitrogens with zero attached hydrogens (tertiary/aromatic N) is 1. The third-order valence-electron chi connectivity index (χ3n) is 3.92. The summed E-state index contributed by atoms with van der Waals surface area (Å²) in [5, 5.41) is 3.31. The molecule has 1 aliphatic rings. The average molecular weight is 250 g/mol. The standard InChI is InChI=1S/C14H22N2O2/c1-10-4-9-13(18-10)14(17)16(3)12-7-5-11(15-2)6-8-12/h4,9,11-12,15H,5-8H2,1-3H3. The van der Waals surface area contributed by atoms with Crippen molar-refractivity contribution in [2.24, 2.45) is 0 Å². The van der Waals surface area contributed by atoms with Crippen LogP contribution in [0.15, 0.2) is 16.5 Å². The van der Waals surface area contributed by atoms with Gasteiger partial charge >= 0.3 is 0 Å². The van der Waals surface area contributed by atoms with E-state index in [1.165, 1.54) is 0 Å². The van der Waals surface area contributed by atoms with E-state index in [1.54, 1.807) is 6.07 Å². The minimum Gasteiger partial charge on any atom is -0.456 e. The fourth-order valence-electron chi connectivity index (χ4n) is 2.64. The molecular formula is C14H22N2O2. The molecule has 4 nitrogen and oxygen atoms in total. The molecule has 0 unspecified atom stereocenters.